The van der Waals surface area contributed by atoms with Crippen LogP contribution in [0.1, 0.15) is 18.3 Å². The second-order valence-corrected chi connectivity index (χ2v) is 6.68. The summed E-state index contributed by atoms with van der Waals surface area (Å²) in [5.41, 5.74) is -0.667. The van der Waals surface area contributed by atoms with Crippen LogP contribution in [-0.4, -0.2) is 31.2 Å². The van der Waals surface area contributed by atoms with Gasteiger partial charge in [-0.1, -0.05) is 6.07 Å². The first-order chi connectivity index (χ1) is 12.0. The van der Waals surface area contributed by atoms with Gasteiger partial charge in [0.25, 0.3) is 11.5 Å². The monoisotopic (exact) mass is 355 g/mol. The minimum atomic E-state index is -1.24. The second-order valence-electron chi connectivity index (χ2n) is 5.80. The summed E-state index contributed by atoms with van der Waals surface area (Å²) in [6.07, 6.45) is 3.20. The van der Waals surface area contributed by atoms with Crippen molar-refractivity contribution < 1.29 is 9.59 Å². The SMILES string of the molecule is CC1(c2ccccn2)NC(=O)N(Cc2cc(=O)n3ccsc3n2)C1=O. The summed E-state index contributed by atoms with van der Waals surface area (Å²) in [6, 6.07) is 5.97. The van der Waals surface area contributed by atoms with E-state index < -0.39 is 17.5 Å². The predicted molar refractivity (Wildman–Crippen MR) is 90.0 cm³/mol. The van der Waals surface area contributed by atoms with E-state index in [4.69, 9.17) is 0 Å². The van der Waals surface area contributed by atoms with E-state index >= 15 is 0 Å². The first-order valence-electron chi connectivity index (χ1n) is 7.50. The molecule has 0 bridgehead atoms. The molecule has 4 heterocycles. The molecule has 9 heteroatoms. The highest BCUT2D eigenvalue weighted by Gasteiger charge is 2.50. The third kappa shape index (κ3) is 2.40. The molecular formula is C16H13N5O3S. The van der Waals surface area contributed by atoms with E-state index in [-0.39, 0.29) is 12.1 Å². The van der Waals surface area contributed by atoms with Gasteiger partial charge in [-0.05, 0) is 19.1 Å². The van der Waals surface area contributed by atoms with Gasteiger partial charge in [-0.2, -0.15) is 0 Å². The van der Waals surface area contributed by atoms with Crippen molar-refractivity contribution in [2.45, 2.75) is 19.0 Å². The topological polar surface area (TPSA) is 96.7 Å². The van der Waals surface area contributed by atoms with Crippen molar-refractivity contribution in [3.8, 4) is 0 Å². The Bertz CT molecular complexity index is 1040. The lowest BCUT2D eigenvalue weighted by atomic mass is 9.97. The van der Waals surface area contributed by atoms with E-state index in [1.165, 1.54) is 21.8 Å². The lowest BCUT2D eigenvalue weighted by molar-refractivity contribution is -0.131. The van der Waals surface area contributed by atoms with Gasteiger partial charge in [0, 0.05) is 23.8 Å². The molecule has 1 aliphatic heterocycles. The van der Waals surface area contributed by atoms with Crippen LogP contribution in [0.3, 0.4) is 0 Å². The van der Waals surface area contributed by atoms with Gasteiger partial charge in [-0.3, -0.25) is 23.9 Å². The Kier molecular flexibility index (Phi) is 3.39. The number of carbonyl (C=O) groups is 2. The number of pyridine rings is 1. The van der Waals surface area contributed by atoms with E-state index in [2.05, 4.69) is 15.3 Å². The standard InChI is InChI=1S/C16H13N5O3S/c1-16(11-4-2-3-5-17-11)13(23)21(14(24)19-16)9-10-8-12(22)20-6-7-25-15(20)18-10/h2-8H,9H2,1H3,(H,19,24). The Morgan fingerprint density at radius 3 is 2.88 bits per heavy atom. The minimum absolute atomic E-state index is 0.0727. The average Bonchev–Trinajstić information content (AvgIpc) is 3.16. The molecule has 1 unspecified atom stereocenters. The van der Waals surface area contributed by atoms with Crippen molar-refractivity contribution in [2.75, 3.05) is 0 Å². The van der Waals surface area contributed by atoms with Gasteiger partial charge in [-0.25, -0.2) is 9.78 Å². The number of urea groups is 1. The molecule has 1 fully saturated rings. The van der Waals surface area contributed by atoms with Crippen molar-refractivity contribution in [1.29, 1.82) is 0 Å². The highest BCUT2D eigenvalue weighted by atomic mass is 32.1. The molecule has 0 aliphatic carbocycles. The van der Waals surface area contributed by atoms with Crippen LogP contribution in [0.4, 0.5) is 4.79 Å². The van der Waals surface area contributed by atoms with Crippen molar-refractivity contribution in [2.24, 2.45) is 0 Å². The van der Waals surface area contributed by atoms with E-state index in [1.807, 2.05) is 0 Å². The molecule has 4 rings (SSSR count). The number of nitrogens with one attached hydrogen (secondary N) is 1. The van der Waals surface area contributed by atoms with Crippen LogP contribution in [0.25, 0.3) is 4.96 Å². The summed E-state index contributed by atoms with van der Waals surface area (Å²) in [5, 5.41) is 4.43. The van der Waals surface area contributed by atoms with Gasteiger partial charge in [0.1, 0.15) is 0 Å². The number of hydrogen-bond acceptors (Lipinski definition) is 6. The van der Waals surface area contributed by atoms with Crippen molar-refractivity contribution in [3.05, 3.63) is 63.8 Å². The van der Waals surface area contributed by atoms with Crippen LogP contribution in [0.5, 0.6) is 0 Å². The quantitative estimate of drug-likeness (QED) is 0.710. The summed E-state index contributed by atoms with van der Waals surface area (Å²) < 4.78 is 1.41. The molecule has 1 N–H and O–H groups in total. The number of nitrogens with zero attached hydrogens (tertiary/aromatic N) is 4. The van der Waals surface area contributed by atoms with Gasteiger partial charge in [0.2, 0.25) is 0 Å². The van der Waals surface area contributed by atoms with Crippen molar-refractivity contribution in [3.63, 3.8) is 0 Å². The first-order valence-corrected chi connectivity index (χ1v) is 8.38. The fourth-order valence-electron chi connectivity index (χ4n) is 2.80. The largest absolute Gasteiger partial charge is 0.325 e. The van der Waals surface area contributed by atoms with Crippen LogP contribution < -0.4 is 10.9 Å². The summed E-state index contributed by atoms with van der Waals surface area (Å²) in [5.74, 6) is -0.427. The molecule has 3 aromatic heterocycles. The number of imide groups is 1. The third-order valence-electron chi connectivity index (χ3n) is 4.13. The van der Waals surface area contributed by atoms with Gasteiger partial charge < -0.3 is 5.32 Å². The smallest absolute Gasteiger partial charge is 0.318 e. The molecule has 126 valence electrons. The normalized spacial score (nSPS) is 20.3. The van der Waals surface area contributed by atoms with Gasteiger partial charge in [-0.15, -0.1) is 11.3 Å². The number of hydrogen-bond donors (Lipinski definition) is 1. The molecule has 1 atom stereocenters. The van der Waals surface area contributed by atoms with Crippen LogP contribution in [-0.2, 0) is 16.9 Å². The third-order valence-corrected chi connectivity index (χ3v) is 4.89. The predicted octanol–water partition coefficient (Wildman–Crippen LogP) is 1.12. The van der Waals surface area contributed by atoms with Crippen molar-refractivity contribution >= 4 is 28.2 Å². The molecule has 0 aromatic carbocycles. The fourth-order valence-corrected chi connectivity index (χ4v) is 3.54. The lowest BCUT2D eigenvalue weighted by Gasteiger charge is -2.20. The maximum absolute atomic E-state index is 12.8. The zero-order valence-corrected chi connectivity index (χ0v) is 14.0. The van der Waals surface area contributed by atoms with E-state index in [0.717, 1.165) is 4.90 Å². The minimum Gasteiger partial charge on any atom is -0.318 e. The second kappa shape index (κ2) is 5.49. The van der Waals surface area contributed by atoms with Crippen LogP contribution in [0, 0.1) is 0 Å². The molecule has 3 aromatic rings. The Hall–Kier alpha value is -3.07. The van der Waals surface area contributed by atoms with Crippen LogP contribution in [0.2, 0.25) is 0 Å². The van der Waals surface area contributed by atoms with Crippen LogP contribution in [0.15, 0.2) is 46.8 Å². The van der Waals surface area contributed by atoms with E-state index in [9.17, 15) is 14.4 Å². The number of fused-ring (bicyclic) bond motifs is 1. The molecule has 0 spiro atoms. The summed E-state index contributed by atoms with van der Waals surface area (Å²) in [4.78, 5) is 47.3. The summed E-state index contributed by atoms with van der Waals surface area (Å²) in [6.45, 7) is 1.54. The highest BCUT2D eigenvalue weighted by Crippen LogP contribution is 2.28. The molecule has 0 radical (unpaired) electrons. The van der Waals surface area contributed by atoms with Crippen molar-refractivity contribution in [1.82, 2.24) is 24.6 Å². The zero-order chi connectivity index (χ0) is 17.6. The molecule has 3 amide bonds. The number of thiazole rings is 1. The first kappa shape index (κ1) is 15.5. The Labute approximate surface area is 145 Å². The van der Waals surface area contributed by atoms with Gasteiger partial charge >= 0.3 is 6.03 Å². The maximum Gasteiger partial charge on any atom is 0.325 e. The number of aromatic nitrogens is 3. The fraction of sp³-hybridized carbons (Fsp3) is 0.188. The Morgan fingerprint density at radius 1 is 1.28 bits per heavy atom. The summed E-state index contributed by atoms with van der Waals surface area (Å²) in [7, 11) is 0. The maximum atomic E-state index is 12.8. The molecule has 8 nitrogen and oxygen atoms in total. The number of amides is 3. The number of carbonyl (C=O) groups excluding carboxylic acids is 2. The lowest BCUT2D eigenvalue weighted by Crippen LogP contribution is -2.41. The molecule has 25 heavy (non-hydrogen) atoms. The highest BCUT2D eigenvalue weighted by molar-refractivity contribution is 7.15. The number of rotatable bonds is 3. The van der Waals surface area contributed by atoms with E-state index in [1.54, 1.807) is 42.9 Å². The Balaban J connectivity index is 1.67. The average molecular weight is 355 g/mol. The summed E-state index contributed by atoms with van der Waals surface area (Å²) >= 11 is 1.31. The molecule has 1 saturated heterocycles. The molecular weight excluding hydrogens is 342 g/mol. The van der Waals surface area contributed by atoms with E-state index in [0.29, 0.717) is 16.3 Å². The van der Waals surface area contributed by atoms with Gasteiger partial charge in [0.15, 0.2) is 10.5 Å². The Morgan fingerprint density at radius 2 is 2.12 bits per heavy atom. The molecule has 0 saturated carbocycles. The zero-order valence-electron chi connectivity index (χ0n) is 13.2. The molecule has 1 aliphatic rings. The van der Waals surface area contributed by atoms with Crippen LogP contribution >= 0.6 is 11.3 Å². The van der Waals surface area contributed by atoms with Gasteiger partial charge in [0.05, 0.1) is 17.9 Å².